The van der Waals surface area contributed by atoms with Crippen LogP contribution in [-0.2, 0) is 0 Å². The summed E-state index contributed by atoms with van der Waals surface area (Å²) in [4.78, 5) is 25.3. The normalized spacial score (nSPS) is 9.31. The molecule has 1 rings (SSSR count). The Balaban J connectivity index is 2.86. The van der Waals surface area contributed by atoms with Crippen molar-refractivity contribution in [3.8, 4) is 0 Å². The Bertz CT molecular complexity index is 325. The summed E-state index contributed by atoms with van der Waals surface area (Å²) in [6.07, 6.45) is 2.80. The van der Waals surface area contributed by atoms with Crippen molar-refractivity contribution < 1.29 is 9.59 Å². The maximum atomic E-state index is 11.2. The fraction of sp³-hybridized carbons (Fsp3) is 0. The van der Waals surface area contributed by atoms with Crippen molar-refractivity contribution in [1.29, 1.82) is 0 Å². The molecule has 67 valence electrons. The molecule has 3 N–H and O–H groups in total. The second-order valence-electron chi connectivity index (χ2n) is 2.22. The monoisotopic (exact) mass is 179 g/mol. The van der Waals surface area contributed by atoms with Crippen LogP contribution in [-0.4, -0.2) is 21.9 Å². The van der Waals surface area contributed by atoms with Gasteiger partial charge in [-0.25, -0.2) is 16.4 Å². The predicted octanol–water partition coefficient (Wildman–Crippen LogP) is -0.200. The highest BCUT2D eigenvalue weighted by Gasteiger charge is 2.16. The van der Waals surface area contributed by atoms with Gasteiger partial charge in [-0.3, -0.25) is 9.78 Å². The molecule has 0 aliphatic rings. The molecule has 0 saturated carbocycles. The zero-order chi connectivity index (χ0) is 9.84. The zero-order valence-corrected chi connectivity index (χ0v) is 6.60. The van der Waals surface area contributed by atoms with Gasteiger partial charge in [-0.1, -0.05) is 0 Å². The van der Waals surface area contributed by atoms with Crippen LogP contribution < -0.4 is 11.6 Å². The fourth-order valence-electron chi connectivity index (χ4n) is 0.726. The van der Waals surface area contributed by atoms with Crippen LogP contribution in [0.4, 0.5) is 4.79 Å². The molecule has 0 aliphatic heterocycles. The molecular formula is C7H7N4O2. The van der Waals surface area contributed by atoms with Crippen LogP contribution in [0.5, 0.6) is 0 Å². The van der Waals surface area contributed by atoms with E-state index < -0.39 is 11.9 Å². The number of amides is 3. The van der Waals surface area contributed by atoms with Gasteiger partial charge in [-0.2, -0.15) is 5.01 Å². The number of nitrogens with one attached hydrogen (secondary N) is 1. The third-order valence-electron chi connectivity index (χ3n) is 1.36. The highest BCUT2D eigenvalue weighted by molar-refractivity contribution is 6.02. The highest BCUT2D eigenvalue weighted by Crippen LogP contribution is 1.99. The molecule has 1 aromatic heterocycles. The smallest absolute Gasteiger partial charge is 0.267 e. The van der Waals surface area contributed by atoms with Gasteiger partial charge < -0.3 is 0 Å². The standard InChI is InChI=1S/C7H7N4O2/c8-7(13)11(9)6(12)5-1-3-10-4-2-5/h1-4,8H,9H2. The quantitative estimate of drug-likeness (QED) is 0.366. The average Bonchev–Trinajstić information content (AvgIpc) is 2.17. The second-order valence-corrected chi connectivity index (χ2v) is 2.22. The van der Waals surface area contributed by atoms with E-state index in [9.17, 15) is 9.59 Å². The molecule has 0 spiro atoms. The number of rotatable bonds is 1. The first-order valence-corrected chi connectivity index (χ1v) is 3.37. The lowest BCUT2D eigenvalue weighted by Crippen LogP contribution is -2.42. The Morgan fingerprint density at radius 2 is 1.92 bits per heavy atom. The molecule has 0 aromatic carbocycles. The molecular weight excluding hydrogens is 172 g/mol. The average molecular weight is 179 g/mol. The first kappa shape index (κ1) is 9.14. The van der Waals surface area contributed by atoms with E-state index >= 15 is 0 Å². The van der Waals surface area contributed by atoms with Crippen LogP contribution in [0, 0.1) is 0 Å². The van der Waals surface area contributed by atoms with E-state index in [-0.39, 0.29) is 10.6 Å². The molecule has 0 atom stereocenters. The molecule has 6 nitrogen and oxygen atoms in total. The Hall–Kier alpha value is -1.95. The number of imide groups is 1. The third-order valence-corrected chi connectivity index (χ3v) is 1.36. The molecule has 1 radical (unpaired) electrons. The van der Waals surface area contributed by atoms with Gasteiger partial charge in [0, 0.05) is 18.0 Å². The third kappa shape index (κ3) is 2.00. The minimum absolute atomic E-state index is 0.220. The topological polar surface area (TPSA) is 100 Å². The molecule has 0 bridgehead atoms. The first-order valence-electron chi connectivity index (χ1n) is 3.37. The van der Waals surface area contributed by atoms with Gasteiger partial charge in [0.05, 0.1) is 0 Å². The number of nitrogens with zero attached hydrogens (tertiary/aromatic N) is 2. The van der Waals surface area contributed by atoms with Crippen molar-refractivity contribution in [2.75, 3.05) is 0 Å². The van der Waals surface area contributed by atoms with Crippen molar-refractivity contribution in [2.24, 2.45) is 5.84 Å². The van der Waals surface area contributed by atoms with E-state index in [2.05, 4.69) is 4.98 Å². The van der Waals surface area contributed by atoms with Gasteiger partial charge >= 0.3 is 6.03 Å². The Morgan fingerprint density at radius 3 is 2.38 bits per heavy atom. The van der Waals surface area contributed by atoms with E-state index in [1.54, 1.807) is 0 Å². The maximum absolute atomic E-state index is 11.2. The Morgan fingerprint density at radius 1 is 1.38 bits per heavy atom. The van der Waals surface area contributed by atoms with E-state index in [4.69, 9.17) is 11.6 Å². The molecule has 1 heterocycles. The molecule has 0 fully saturated rings. The van der Waals surface area contributed by atoms with Crippen molar-refractivity contribution in [2.45, 2.75) is 0 Å². The summed E-state index contributed by atoms with van der Waals surface area (Å²) < 4.78 is 0. The number of carbonyl (C=O) groups is 2. The Kier molecular flexibility index (Phi) is 2.56. The second kappa shape index (κ2) is 3.63. The van der Waals surface area contributed by atoms with Crippen LogP contribution in [0.25, 0.3) is 0 Å². The molecule has 0 aliphatic carbocycles. The summed E-state index contributed by atoms with van der Waals surface area (Å²) in [5.74, 6) is 4.30. The number of carbonyl (C=O) groups excluding carboxylic acids is 2. The molecule has 0 unspecified atom stereocenters. The Labute approximate surface area is 74.1 Å². The van der Waals surface area contributed by atoms with Gasteiger partial charge in [0.25, 0.3) is 5.91 Å². The van der Waals surface area contributed by atoms with Gasteiger partial charge in [0.2, 0.25) is 0 Å². The van der Waals surface area contributed by atoms with Crippen molar-refractivity contribution in [3.05, 3.63) is 30.1 Å². The minimum Gasteiger partial charge on any atom is -0.267 e. The summed E-state index contributed by atoms with van der Waals surface area (Å²) in [6.45, 7) is 0. The van der Waals surface area contributed by atoms with Crippen molar-refractivity contribution >= 4 is 11.9 Å². The first-order chi connectivity index (χ1) is 6.13. The number of hydrogen-bond acceptors (Lipinski definition) is 4. The summed E-state index contributed by atoms with van der Waals surface area (Å²) in [5, 5.41) is 0.231. The summed E-state index contributed by atoms with van der Waals surface area (Å²) in [5.41, 5.74) is 6.81. The van der Waals surface area contributed by atoms with Gasteiger partial charge in [0.15, 0.2) is 0 Å². The molecule has 6 heteroatoms. The highest BCUT2D eigenvalue weighted by atomic mass is 16.2. The van der Waals surface area contributed by atoms with E-state index in [1.165, 1.54) is 24.5 Å². The van der Waals surface area contributed by atoms with Crippen molar-refractivity contribution in [1.82, 2.24) is 15.7 Å². The van der Waals surface area contributed by atoms with Crippen LogP contribution in [0.3, 0.4) is 0 Å². The van der Waals surface area contributed by atoms with Crippen LogP contribution >= 0.6 is 0 Å². The van der Waals surface area contributed by atoms with Gasteiger partial charge in [-0.15, -0.1) is 0 Å². The van der Waals surface area contributed by atoms with Crippen LogP contribution in [0.1, 0.15) is 10.4 Å². The van der Waals surface area contributed by atoms with Gasteiger partial charge in [-0.05, 0) is 12.1 Å². The lowest BCUT2D eigenvalue weighted by Gasteiger charge is -2.09. The summed E-state index contributed by atoms with van der Waals surface area (Å²) >= 11 is 0. The minimum atomic E-state index is -1.25. The number of urea groups is 1. The van der Waals surface area contributed by atoms with E-state index in [0.717, 1.165) is 0 Å². The molecule has 0 saturated heterocycles. The number of aromatic nitrogens is 1. The SMILES string of the molecule is [NH]C(=O)N(N)C(=O)c1ccncc1. The number of hydrazine groups is 1. The van der Waals surface area contributed by atoms with Crippen molar-refractivity contribution in [3.63, 3.8) is 0 Å². The number of nitrogens with two attached hydrogens (primary N) is 1. The number of pyridine rings is 1. The summed E-state index contributed by atoms with van der Waals surface area (Å²) in [7, 11) is 0. The fourth-order valence-corrected chi connectivity index (χ4v) is 0.726. The number of hydrogen-bond donors (Lipinski definition) is 1. The van der Waals surface area contributed by atoms with Crippen LogP contribution in [0.15, 0.2) is 24.5 Å². The van der Waals surface area contributed by atoms with Crippen LogP contribution in [0.2, 0.25) is 0 Å². The molecule has 3 amide bonds. The van der Waals surface area contributed by atoms with E-state index in [0.29, 0.717) is 0 Å². The molecule has 1 aromatic rings. The lowest BCUT2D eigenvalue weighted by molar-refractivity contribution is 0.0806. The lowest BCUT2D eigenvalue weighted by atomic mass is 10.2. The zero-order valence-electron chi connectivity index (χ0n) is 6.60. The maximum Gasteiger partial charge on any atom is 0.357 e. The summed E-state index contributed by atoms with van der Waals surface area (Å²) in [6, 6.07) is 1.57. The largest absolute Gasteiger partial charge is 0.357 e. The van der Waals surface area contributed by atoms with Gasteiger partial charge in [0.1, 0.15) is 0 Å². The van der Waals surface area contributed by atoms with E-state index in [1.807, 2.05) is 0 Å². The predicted molar refractivity (Wildman–Crippen MR) is 43.1 cm³/mol. The molecule has 13 heavy (non-hydrogen) atoms.